The van der Waals surface area contributed by atoms with Gasteiger partial charge in [0, 0.05) is 12.0 Å². The van der Waals surface area contributed by atoms with Crippen LogP contribution in [-0.2, 0) is 14.3 Å². The number of carboxylic acid groups (broad SMARTS) is 1. The van der Waals surface area contributed by atoms with E-state index >= 15 is 0 Å². The first-order valence-corrected chi connectivity index (χ1v) is 11.5. The molecule has 3 rings (SSSR count). The van der Waals surface area contributed by atoms with Crippen LogP contribution in [-0.4, -0.2) is 41.8 Å². The average Bonchev–Trinajstić information content (AvgIpc) is 3.13. The van der Waals surface area contributed by atoms with Crippen molar-refractivity contribution < 1.29 is 24.2 Å². The van der Waals surface area contributed by atoms with E-state index in [0.717, 1.165) is 22.3 Å². The minimum absolute atomic E-state index is 0.0703. The van der Waals surface area contributed by atoms with Crippen LogP contribution in [0.2, 0.25) is 0 Å². The Hall–Kier alpha value is -3.35. The Morgan fingerprint density at radius 1 is 0.939 bits per heavy atom. The molecule has 33 heavy (non-hydrogen) atoms. The number of carbonyl (C=O) groups excluding carboxylic acids is 2. The van der Waals surface area contributed by atoms with Crippen LogP contribution in [0.25, 0.3) is 11.1 Å². The molecule has 3 atom stereocenters. The topological polar surface area (TPSA) is 105 Å². The van der Waals surface area contributed by atoms with E-state index in [9.17, 15) is 14.4 Å². The number of alkyl carbamates (subject to hydrolysis) is 1. The van der Waals surface area contributed by atoms with Gasteiger partial charge in [0.05, 0.1) is 6.42 Å². The predicted octanol–water partition coefficient (Wildman–Crippen LogP) is 4.31. The number of carboxylic acids is 1. The van der Waals surface area contributed by atoms with E-state index in [2.05, 4.69) is 22.8 Å². The van der Waals surface area contributed by atoms with Crippen LogP contribution in [0, 0.1) is 5.92 Å². The molecule has 1 aliphatic carbocycles. The first-order chi connectivity index (χ1) is 15.8. The van der Waals surface area contributed by atoms with Gasteiger partial charge in [0.2, 0.25) is 5.91 Å². The van der Waals surface area contributed by atoms with Gasteiger partial charge in [-0.2, -0.15) is 0 Å². The molecule has 0 spiro atoms. The summed E-state index contributed by atoms with van der Waals surface area (Å²) in [6, 6.07) is 14.9. The molecule has 2 aromatic carbocycles. The van der Waals surface area contributed by atoms with Gasteiger partial charge in [0.15, 0.2) is 0 Å². The number of hydrogen-bond donors (Lipinski definition) is 3. The van der Waals surface area contributed by atoms with E-state index < -0.39 is 30.1 Å². The first-order valence-electron chi connectivity index (χ1n) is 11.5. The third kappa shape index (κ3) is 5.72. The van der Waals surface area contributed by atoms with Crippen molar-refractivity contribution in [3.63, 3.8) is 0 Å². The fraction of sp³-hybridized carbons (Fsp3) is 0.423. The Balaban J connectivity index is 1.66. The highest BCUT2D eigenvalue weighted by Gasteiger charge is 2.31. The van der Waals surface area contributed by atoms with Gasteiger partial charge >= 0.3 is 12.1 Å². The zero-order valence-electron chi connectivity index (χ0n) is 19.3. The molecule has 0 saturated carbocycles. The molecular formula is C26H32N2O5. The van der Waals surface area contributed by atoms with Crippen LogP contribution in [0.3, 0.4) is 0 Å². The number of carbonyl (C=O) groups is 3. The molecule has 1 aliphatic rings. The van der Waals surface area contributed by atoms with Crippen molar-refractivity contribution in [1.82, 2.24) is 10.6 Å². The lowest BCUT2D eigenvalue weighted by Gasteiger charge is -2.26. The Morgan fingerprint density at radius 2 is 1.52 bits per heavy atom. The van der Waals surface area contributed by atoms with Crippen molar-refractivity contribution in [3.05, 3.63) is 59.7 Å². The highest BCUT2D eigenvalue weighted by Crippen LogP contribution is 2.44. The average molecular weight is 453 g/mol. The normalized spacial score (nSPS) is 15.0. The Morgan fingerprint density at radius 3 is 2.03 bits per heavy atom. The van der Waals surface area contributed by atoms with Crippen LogP contribution in [0.15, 0.2) is 48.5 Å². The molecule has 0 aromatic heterocycles. The summed E-state index contributed by atoms with van der Waals surface area (Å²) in [7, 11) is 0. The second-order valence-electron chi connectivity index (χ2n) is 8.54. The minimum Gasteiger partial charge on any atom is -0.481 e. The molecule has 2 aromatic rings. The van der Waals surface area contributed by atoms with Gasteiger partial charge in [-0.15, -0.1) is 0 Å². The summed E-state index contributed by atoms with van der Waals surface area (Å²) in [6.07, 6.45) is 0.317. The quantitative estimate of drug-likeness (QED) is 0.498. The van der Waals surface area contributed by atoms with Gasteiger partial charge in [-0.3, -0.25) is 9.59 Å². The number of nitrogens with one attached hydrogen (secondary N) is 2. The monoisotopic (exact) mass is 452 g/mol. The van der Waals surface area contributed by atoms with Gasteiger partial charge < -0.3 is 20.5 Å². The molecule has 176 valence electrons. The molecule has 0 aliphatic heterocycles. The summed E-state index contributed by atoms with van der Waals surface area (Å²) in [6.45, 7) is 5.77. The van der Waals surface area contributed by atoms with Crippen molar-refractivity contribution >= 4 is 18.0 Å². The molecule has 3 N–H and O–H groups in total. The minimum atomic E-state index is -0.980. The summed E-state index contributed by atoms with van der Waals surface area (Å²) < 4.78 is 5.59. The SMILES string of the molecule is CC[C@H](CC(=O)O)NC(=O)[C@@H](NC(=O)OCC1c2ccccc2-c2ccccc21)[C@@H](C)CC. The van der Waals surface area contributed by atoms with Crippen LogP contribution < -0.4 is 10.6 Å². The fourth-order valence-corrected chi connectivity index (χ4v) is 4.27. The lowest BCUT2D eigenvalue weighted by atomic mass is 9.97. The number of fused-ring (bicyclic) bond motifs is 3. The molecule has 7 heteroatoms. The van der Waals surface area contributed by atoms with Gasteiger partial charge in [0.1, 0.15) is 12.6 Å². The molecular weight excluding hydrogens is 420 g/mol. The highest BCUT2D eigenvalue weighted by molar-refractivity contribution is 5.86. The summed E-state index contributed by atoms with van der Waals surface area (Å²) in [5.74, 6) is -1.59. The number of rotatable bonds is 10. The van der Waals surface area contributed by atoms with Crippen molar-refractivity contribution in [2.45, 2.75) is 58.0 Å². The van der Waals surface area contributed by atoms with Crippen LogP contribution in [0.4, 0.5) is 4.79 Å². The summed E-state index contributed by atoms with van der Waals surface area (Å²) in [5, 5.41) is 14.5. The van der Waals surface area contributed by atoms with E-state index in [0.29, 0.717) is 12.8 Å². The van der Waals surface area contributed by atoms with Gasteiger partial charge in [-0.05, 0) is 34.6 Å². The molecule has 0 unspecified atom stereocenters. The van der Waals surface area contributed by atoms with Crippen LogP contribution in [0.5, 0.6) is 0 Å². The third-order valence-electron chi connectivity index (χ3n) is 6.37. The first kappa shape index (κ1) is 24.3. The van der Waals surface area contributed by atoms with E-state index in [1.165, 1.54) is 0 Å². The summed E-state index contributed by atoms with van der Waals surface area (Å²) >= 11 is 0. The highest BCUT2D eigenvalue weighted by atomic mass is 16.5. The smallest absolute Gasteiger partial charge is 0.407 e. The van der Waals surface area contributed by atoms with Crippen molar-refractivity contribution in [1.29, 1.82) is 0 Å². The molecule has 0 radical (unpaired) electrons. The molecule has 7 nitrogen and oxygen atoms in total. The number of amides is 2. The maximum Gasteiger partial charge on any atom is 0.407 e. The van der Waals surface area contributed by atoms with Crippen molar-refractivity contribution in [3.8, 4) is 11.1 Å². The molecule has 0 fully saturated rings. The predicted molar refractivity (Wildman–Crippen MR) is 126 cm³/mol. The fourth-order valence-electron chi connectivity index (χ4n) is 4.27. The van der Waals surface area contributed by atoms with E-state index in [4.69, 9.17) is 9.84 Å². The van der Waals surface area contributed by atoms with Crippen LogP contribution >= 0.6 is 0 Å². The number of hydrogen-bond acceptors (Lipinski definition) is 4. The van der Waals surface area contributed by atoms with Gasteiger partial charge in [0.25, 0.3) is 0 Å². The number of benzene rings is 2. The Kier molecular flexibility index (Phi) is 8.09. The Labute approximate surface area is 194 Å². The van der Waals surface area contributed by atoms with Crippen molar-refractivity contribution in [2.24, 2.45) is 5.92 Å². The van der Waals surface area contributed by atoms with E-state index in [1.54, 1.807) is 0 Å². The summed E-state index contributed by atoms with van der Waals surface area (Å²) in [4.78, 5) is 36.6. The second-order valence-corrected chi connectivity index (χ2v) is 8.54. The standard InChI is InChI=1S/C26H32N2O5/c1-4-16(3)24(25(31)27-17(5-2)14-23(29)30)28-26(32)33-15-22-20-12-8-6-10-18(20)19-11-7-9-13-21(19)22/h6-13,16-17,22,24H,4-5,14-15H2,1-3H3,(H,27,31)(H,28,32)(H,29,30)/t16-,17+,24-/m0/s1. The zero-order valence-corrected chi connectivity index (χ0v) is 19.3. The summed E-state index contributed by atoms with van der Waals surface area (Å²) in [5.41, 5.74) is 4.51. The maximum atomic E-state index is 12.8. The lowest BCUT2D eigenvalue weighted by molar-refractivity contribution is -0.137. The number of aliphatic carboxylic acids is 1. The van der Waals surface area contributed by atoms with E-state index in [-0.39, 0.29) is 24.9 Å². The lowest BCUT2D eigenvalue weighted by Crippen LogP contribution is -2.53. The largest absolute Gasteiger partial charge is 0.481 e. The number of ether oxygens (including phenoxy) is 1. The van der Waals surface area contributed by atoms with Gasteiger partial charge in [-0.25, -0.2) is 4.79 Å². The third-order valence-corrected chi connectivity index (χ3v) is 6.37. The molecule has 0 heterocycles. The maximum absolute atomic E-state index is 12.8. The molecule has 0 saturated heterocycles. The second kappa shape index (κ2) is 11.0. The molecule has 0 bridgehead atoms. The van der Waals surface area contributed by atoms with Crippen LogP contribution in [0.1, 0.15) is 57.1 Å². The molecule has 2 amide bonds. The Bertz CT molecular complexity index is 960. The van der Waals surface area contributed by atoms with Gasteiger partial charge in [-0.1, -0.05) is 75.7 Å². The van der Waals surface area contributed by atoms with E-state index in [1.807, 2.05) is 57.2 Å². The zero-order chi connectivity index (χ0) is 24.0. The van der Waals surface area contributed by atoms with Crippen molar-refractivity contribution in [2.75, 3.05) is 6.61 Å².